The molecule has 0 heterocycles. The lowest BCUT2D eigenvalue weighted by Gasteiger charge is -2.14. The maximum absolute atomic E-state index is 11.7. The first-order chi connectivity index (χ1) is 9.79. The molecule has 0 aliphatic rings. The lowest BCUT2D eigenvalue weighted by atomic mass is 10.1. The van der Waals surface area contributed by atoms with Gasteiger partial charge in [0, 0.05) is 5.69 Å². The van der Waals surface area contributed by atoms with Crippen molar-refractivity contribution in [1.29, 1.82) is 0 Å². The van der Waals surface area contributed by atoms with Crippen LogP contribution >= 0.6 is 34.8 Å². The predicted molar refractivity (Wildman–Crippen MR) is 82.5 cm³/mol. The molecule has 5 nitrogen and oxygen atoms in total. The van der Waals surface area contributed by atoms with Crippen molar-refractivity contribution >= 4 is 52.4 Å². The normalized spacial score (nSPS) is 10.9. The van der Waals surface area contributed by atoms with Gasteiger partial charge in [-0.2, -0.15) is 0 Å². The number of amides is 1. The van der Waals surface area contributed by atoms with Crippen LogP contribution in [0, 0.1) is 0 Å². The molecule has 1 amide bonds. The van der Waals surface area contributed by atoms with Crippen molar-refractivity contribution in [2.75, 3.05) is 19.0 Å². The molecule has 8 heteroatoms. The molecule has 0 saturated heterocycles. The number of carbonyl (C=O) groups excluding carboxylic acids is 2. The van der Waals surface area contributed by atoms with E-state index in [0.29, 0.717) is 12.4 Å². The number of anilines is 1. The number of hydrogen-bond donors (Lipinski definition) is 1. The Morgan fingerprint density at radius 1 is 1.29 bits per heavy atom. The van der Waals surface area contributed by atoms with Gasteiger partial charge in [0.05, 0.1) is 13.7 Å². The van der Waals surface area contributed by atoms with Crippen LogP contribution < -0.4 is 10.1 Å². The van der Waals surface area contributed by atoms with E-state index in [1.165, 1.54) is 25.3 Å². The molecule has 21 heavy (non-hydrogen) atoms. The average molecular weight is 355 g/mol. The summed E-state index contributed by atoms with van der Waals surface area (Å²) in [5.74, 6) is -1.06. The minimum atomic E-state index is -2.09. The molecule has 1 rings (SSSR count). The summed E-state index contributed by atoms with van der Waals surface area (Å²) in [6, 6.07) is 4.47. The Morgan fingerprint density at radius 3 is 2.48 bits per heavy atom. The molecule has 0 aliphatic carbocycles. The van der Waals surface area contributed by atoms with E-state index in [9.17, 15) is 9.59 Å². The maximum Gasteiger partial charge on any atom is 0.341 e. The smallest absolute Gasteiger partial charge is 0.341 e. The zero-order chi connectivity index (χ0) is 16.0. The van der Waals surface area contributed by atoms with Gasteiger partial charge in [0.15, 0.2) is 0 Å². The Morgan fingerprint density at radius 2 is 1.95 bits per heavy atom. The van der Waals surface area contributed by atoms with E-state index in [0.717, 1.165) is 6.42 Å². The topological polar surface area (TPSA) is 64.6 Å². The molecule has 116 valence electrons. The maximum atomic E-state index is 11.7. The molecule has 0 aliphatic heterocycles. The molecular formula is C13H14Cl3NO4. The fourth-order valence-electron chi connectivity index (χ4n) is 1.42. The number of ether oxygens (including phenoxy) is 2. The van der Waals surface area contributed by atoms with E-state index in [-0.39, 0.29) is 11.3 Å². The standard InChI is InChI=1S/C13H14Cl3NO4/c1-3-6-21-10-5-4-8(7-9(10)11(18)20-2)17-12(19)13(14,15)16/h4-5,7H,3,6H2,1-2H3,(H,17,19). The van der Waals surface area contributed by atoms with Crippen LogP contribution in [0.3, 0.4) is 0 Å². The van der Waals surface area contributed by atoms with E-state index in [1.807, 2.05) is 6.92 Å². The Labute approximate surface area is 137 Å². The van der Waals surface area contributed by atoms with Crippen molar-refractivity contribution in [3.8, 4) is 5.75 Å². The summed E-state index contributed by atoms with van der Waals surface area (Å²) in [6.07, 6.45) is 0.784. The number of hydrogen-bond acceptors (Lipinski definition) is 4. The van der Waals surface area contributed by atoms with Gasteiger partial charge in [0.1, 0.15) is 11.3 Å². The van der Waals surface area contributed by atoms with Crippen molar-refractivity contribution in [3.63, 3.8) is 0 Å². The summed E-state index contributed by atoms with van der Waals surface area (Å²) in [6.45, 7) is 2.39. The quantitative estimate of drug-likeness (QED) is 0.648. The number of esters is 1. The second-order valence-corrected chi connectivity index (χ2v) is 6.28. The summed E-state index contributed by atoms with van der Waals surface area (Å²) < 4.78 is 8.02. The van der Waals surface area contributed by atoms with Gasteiger partial charge in [-0.25, -0.2) is 4.79 Å². The highest BCUT2D eigenvalue weighted by atomic mass is 35.6. The molecule has 0 bridgehead atoms. The molecule has 0 aromatic heterocycles. The van der Waals surface area contributed by atoms with E-state index in [2.05, 4.69) is 10.1 Å². The molecule has 0 atom stereocenters. The average Bonchev–Trinajstić information content (AvgIpc) is 2.43. The third-order valence-electron chi connectivity index (χ3n) is 2.36. The van der Waals surface area contributed by atoms with Gasteiger partial charge in [-0.3, -0.25) is 4.79 Å². The SMILES string of the molecule is CCCOc1ccc(NC(=O)C(Cl)(Cl)Cl)cc1C(=O)OC. The lowest BCUT2D eigenvalue weighted by molar-refractivity contribution is -0.115. The van der Waals surface area contributed by atoms with E-state index < -0.39 is 15.7 Å². The minimum Gasteiger partial charge on any atom is -0.493 e. The van der Waals surface area contributed by atoms with Crippen LogP contribution in [0.1, 0.15) is 23.7 Å². The van der Waals surface area contributed by atoms with Crippen LogP contribution in [-0.4, -0.2) is 29.4 Å². The number of nitrogens with one attached hydrogen (secondary N) is 1. The fourth-order valence-corrected chi connectivity index (χ4v) is 1.56. The van der Waals surface area contributed by atoms with Crippen LogP contribution in [0.4, 0.5) is 5.69 Å². The molecule has 0 unspecified atom stereocenters. The summed E-state index contributed by atoms with van der Waals surface area (Å²) in [4.78, 5) is 23.3. The predicted octanol–water partition coefficient (Wildman–Crippen LogP) is 3.57. The third-order valence-corrected chi connectivity index (χ3v) is 2.88. The molecule has 1 N–H and O–H groups in total. The number of halogens is 3. The van der Waals surface area contributed by atoms with Gasteiger partial charge in [-0.1, -0.05) is 41.7 Å². The summed E-state index contributed by atoms with van der Waals surface area (Å²) >= 11 is 16.4. The lowest BCUT2D eigenvalue weighted by Crippen LogP contribution is -2.27. The van der Waals surface area contributed by atoms with Crippen molar-refractivity contribution in [2.45, 2.75) is 17.1 Å². The molecule has 1 aromatic rings. The van der Waals surface area contributed by atoms with Gasteiger partial charge < -0.3 is 14.8 Å². The van der Waals surface area contributed by atoms with Crippen molar-refractivity contribution < 1.29 is 19.1 Å². The number of benzene rings is 1. The zero-order valence-electron chi connectivity index (χ0n) is 11.4. The summed E-state index contributed by atoms with van der Waals surface area (Å²) in [5, 5.41) is 2.39. The second-order valence-electron chi connectivity index (χ2n) is 4.00. The highest BCUT2D eigenvalue weighted by Crippen LogP contribution is 2.29. The van der Waals surface area contributed by atoms with Gasteiger partial charge >= 0.3 is 5.97 Å². The molecule has 0 spiro atoms. The first kappa shape index (κ1) is 17.9. The van der Waals surface area contributed by atoms with Crippen molar-refractivity contribution in [1.82, 2.24) is 0 Å². The van der Waals surface area contributed by atoms with Crippen molar-refractivity contribution in [3.05, 3.63) is 23.8 Å². The van der Waals surface area contributed by atoms with Gasteiger partial charge in [0.2, 0.25) is 0 Å². The van der Waals surface area contributed by atoms with E-state index in [1.54, 1.807) is 0 Å². The van der Waals surface area contributed by atoms with Gasteiger partial charge in [0.25, 0.3) is 9.70 Å². The Kier molecular flexibility index (Phi) is 6.58. The second kappa shape index (κ2) is 7.73. The molecular weight excluding hydrogens is 341 g/mol. The van der Waals surface area contributed by atoms with E-state index >= 15 is 0 Å². The van der Waals surface area contributed by atoms with Crippen LogP contribution in [0.25, 0.3) is 0 Å². The Bertz CT molecular complexity index is 529. The van der Waals surface area contributed by atoms with Crippen LogP contribution in [0.15, 0.2) is 18.2 Å². The van der Waals surface area contributed by atoms with Gasteiger partial charge in [-0.05, 0) is 24.6 Å². The first-order valence-electron chi connectivity index (χ1n) is 6.03. The molecule has 0 saturated carbocycles. The highest BCUT2D eigenvalue weighted by molar-refractivity contribution is 6.76. The van der Waals surface area contributed by atoms with Crippen LogP contribution in [-0.2, 0) is 9.53 Å². The molecule has 1 aromatic carbocycles. The Balaban J connectivity index is 3.04. The van der Waals surface area contributed by atoms with Crippen LogP contribution in [0.2, 0.25) is 0 Å². The Hall–Kier alpha value is -1.17. The number of carbonyl (C=O) groups is 2. The zero-order valence-corrected chi connectivity index (χ0v) is 13.7. The highest BCUT2D eigenvalue weighted by Gasteiger charge is 2.30. The summed E-state index contributed by atoms with van der Waals surface area (Å²) in [5.41, 5.74) is 0.462. The molecule has 0 fully saturated rings. The number of alkyl halides is 3. The largest absolute Gasteiger partial charge is 0.493 e. The third kappa shape index (κ3) is 5.26. The minimum absolute atomic E-state index is 0.174. The van der Waals surface area contributed by atoms with Crippen LogP contribution in [0.5, 0.6) is 5.75 Å². The van der Waals surface area contributed by atoms with Gasteiger partial charge in [-0.15, -0.1) is 0 Å². The number of methoxy groups -OCH3 is 1. The molecule has 0 radical (unpaired) electrons. The monoisotopic (exact) mass is 353 g/mol. The van der Waals surface area contributed by atoms with E-state index in [4.69, 9.17) is 39.5 Å². The summed E-state index contributed by atoms with van der Waals surface area (Å²) in [7, 11) is 1.25. The number of rotatable bonds is 5. The fraction of sp³-hybridized carbons (Fsp3) is 0.385. The van der Waals surface area contributed by atoms with Crippen molar-refractivity contribution in [2.24, 2.45) is 0 Å². The first-order valence-corrected chi connectivity index (χ1v) is 7.16.